The number of aldehydes is 1. The molecule has 1 unspecified atom stereocenters. The molecule has 1 aliphatic heterocycles. The number of ether oxygens (including phenoxy) is 1. The maximum Gasteiger partial charge on any atom is 0.251 e. The summed E-state index contributed by atoms with van der Waals surface area (Å²) in [7, 11) is 0. The van der Waals surface area contributed by atoms with Crippen LogP contribution in [-0.2, 0) is 32.0 Å². The van der Waals surface area contributed by atoms with Gasteiger partial charge in [-0.25, -0.2) is 0 Å². The van der Waals surface area contributed by atoms with Crippen molar-refractivity contribution in [3.05, 3.63) is 65.7 Å². The highest BCUT2D eigenvalue weighted by molar-refractivity contribution is 5.91. The Bertz CT molecular complexity index is 867. The molecule has 2 amide bonds. The normalized spacial score (nSPS) is 17.9. The highest BCUT2D eigenvalue weighted by Crippen LogP contribution is 2.11. The molecular formula is C23H27N3O5. The zero-order chi connectivity index (χ0) is 22.1. The van der Waals surface area contributed by atoms with Crippen LogP contribution in [0.5, 0.6) is 5.75 Å². The number of morpholine rings is 1. The molecule has 8 heteroatoms. The van der Waals surface area contributed by atoms with Gasteiger partial charge >= 0.3 is 0 Å². The third-order valence-corrected chi connectivity index (χ3v) is 5.02. The van der Waals surface area contributed by atoms with Gasteiger partial charge in [-0.1, -0.05) is 42.5 Å². The van der Waals surface area contributed by atoms with E-state index in [1.54, 1.807) is 12.1 Å². The summed E-state index contributed by atoms with van der Waals surface area (Å²) in [5, 5.41) is 18.0. The van der Waals surface area contributed by atoms with Crippen molar-refractivity contribution in [2.45, 2.75) is 31.0 Å². The van der Waals surface area contributed by atoms with Crippen LogP contribution < -0.4 is 16.0 Å². The van der Waals surface area contributed by atoms with E-state index in [1.807, 2.05) is 30.3 Å². The highest BCUT2D eigenvalue weighted by Gasteiger charge is 2.28. The van der Waals surface area contributed by atoms with E-state index in [1.165, 1.54) is 12.1 Å². The second-order valence-corrected chi connectivity index (χ2v) is 7.44. The smallest absolute Gasteiger partial charge is 0.251 e. The van der Waals surface area contributed by atoms with Crippen molar-refractivity contribution in [2.24, 2.45) is 0 Å². The third kappa shape index (κ3) is 6.91. The molecule has 3 rings (SSSR count). The molecule has 1 saturated heterocycles. The van der Waals surface area contributed by atoms with Gasteiger partial charge in [-0.05, 0) is 29.7 Å². The SMILES string of the molecule is O=C[C@H](Cc1ccc(O)cc1)NC(=O)[C@H](Cc1ccccc1)NC(=O)C1CNCCO1. The van der Waals surface area contributed by atoms with Crippen LogP contribution in [0.1, 0.15) is 11.1 Å². The van der Waals surface area contributed by atoms with Crippen LogP contribution in [-0.4, -0.2) is 61.1 Å². The lowest BCUT2D eigenvalue weighted by atomic mass is 10.0. The van der Waals surface area contributed by atoms with Crippen LogP contribution in [0.2, 0.25) is 0 Å². The first-order chi connectivity index (χ1) is 15.0. The van der Waals surface area contributed by atoms with Gasteiger partial charge in [0.25, 0.3) is 5.91 Å². The number of aromatic hydroxyl groups is 1. The fourth-order valence-corrected chi connectivity index (χ4v) is 3.36. The van der Waals surface area contributed by atoms with Gasteiger partial charge in [0.05, 0.1) is 12.6 Å². The highest BCUT2D eigenvalue weighted by atomic mass is 16.5. The Morgan fingerprint density at radius 2 is 1.77 bits per heavy atom. The zero-order valence-corrected chi connectivity index (χ0v) is 17.1. The van der Waals surface area contributed by atoms with Crippen molar-refractivity contribution in [1.82, 2.24) is 16.0 Å². The minimum Gasteiger partial charge on any atom is -0.508 e. The van der Waals surface area contributed by atoms with Gasteiger partial charge in [-0.15, -0.1) is 0 Å². The minimum absolute atomic E-state index is 0.125. The van der Waals surface area contributed by atoms with Crippen molar-refractivity contribution >= 4 is 18.1 Å². The summed E-state index contributed by atoms with van der Waals surface area (Å²) in [5.41, 5.74) is 1.67. The van der Waals surface area contributed by atoms with Crippen LogP contribution in [0.25, 0.3) is 0 Å². The average molecular weight is 425 g/mol. The monoisotopic (exact) mass is 425 g/mol. The largest absolute Gasteiger partial charge is 0.508 e. The van der Waals surface area contributed by atoms with E-state index >= 15 is 0 Å². The van der Waals surface area contributed by atoms with Gasteiger partial charge in [-0.2, -0.15) is 0 Å². The van der Waals surface area contributed by atoms with E-state index in [0.717, 1.165) is 11.1 Å². The molecule has 4 N–H and O–H groups in total. The molecule has 1 fully saturated rings. The van der Waals surface area contributed by atoms with Crippen molar-refractivity contribution < 1.29 is 24.2 Å². The van der Waals surface area contributed by atoms with Crippen molar-refractivity contribution in [2.75, 3.05) is 19.7 Å². The Hall–Kier alpha value is -3.23. The van der Waals surface area contributed by atoms with Crippen LogP contribution >= 0.6 is 0 Å². The molecule has 164 valence electrons. The van der Waals surface area contributed by atoms with E-state index in [0.29, 0.717) is 26.0 Å². The summed E-state index contributed by atoms with van der Waals surface area (Å²) in [6.45, 7) is 1.48. The number of carbonyl (C=O) groups is 3. The molecule has 2 aromatic carbocycles. The van der Waals surface area contributed by atoms with Crippen LogP contribution in [0, 0.1) is 0 Å². The molecule has 0 radical (unpaired) electrons. The summed E-state index contributed by atoms with van der Waals surface area (Å²) in [5.74, 6) is -0.693. The third-order valence-electron chi connectivity index (χ3n) is 5.02. The first-order valence-electron chi connectivity index (χ1n) is 10.3. The lowest BCUT2D eigenvalue weighted by Crippen LogP contribution is -2.56. The topological polar surface area (TPSA) is 117 Å². The van der Waals surface area contributed by atoms with Gasteiger partial charge in [0.15, 0.2) is 0 Å². The molecule has 1 heterocycles. The van der Waals surface area contributed by atoms with Crippen molar-refractivity contribution in [3.63, 3.8) is 0 Å². The number of phenolic OH excluding ortho intramolecular Hbond substituents is 1. The van der Waals surface area contributed by atoms with Gasteiger partial charge in [0, 0.05) is 19.5 Å². The van der Waals surface area contributed by atoms with Gasteiger partial charge in [0.2, 0.25) is 5.91 Å². The molecular weight excluding hydrogens is 398 g/mol. The molecule has 0 aliphatic carbocycles. The summed E-state index contributed by atoms with van der Waals surface area (Å²) >= 11 is 0. The first kappa shape index (κ1) is 22.5. The number of rotatable bonds is 9. The minimum atomic E-state index is -0.859. The molecule has 2 aromatic rings. The van der Waals surface area contributed by atoms with Crippen LogP contribution in [0.3, 0.4) is 0 Å². The maximum atomic E-state index is 13.0. The molecule has 3 atom stereocenters. The number of hydrogen-bond acceptors (Lipinski definition) is 6. The van der Waals surface area contributed by atoms with Crippen molar-refractivity contribution in [3.8, 4) is 5.75 Å². The maximum absolute atomic E-state index is 13.0. The number of nitrogens with one attached hydrogen (secondary N) is 3. The van der Waals surface area contributed by atoms with Crippen LogP contribution in [0.4, 0.5) is 0 Å². The molecule has 8 nitrogen and oxygen atoms in total. The fourth-order valence-electron chi connectivity index (χ4n) is 3.36. The average Bonchev–Trinajstić information content (AvgIpc) is 2.80. The summed E-state index contributed by atoms with van der Waals surface area (Å²) < 4.78 is 5.48. The van der Waals surface area contributed by atoms with Gasteiger partial charge < -0.3 is 30.6 Å². The molecule has 1 aliphatic rings. The summed E-state index contributed by atoms with van der Waals surface area (Å²) in [6, 6.07) is 14.1. The number of carbonyl (C=O) groups excluding carboxylic acids is 3. The quantitative estimate of drug-likeness (QED) is 0.431. The second kappa shape index (κ2) is 11.2. The summed E-state index contributed by atoms with van der Waals surface area (Å²) in [6.07, 6.45) is 0.555. The van der Waals surface area contributed by atoms with Crippen LogP contribution in [0.15, 0.2) is 54.6 Å². The molecule has 0 saturated carbocycles. The Kier molecular flexibility index (Phi) is 8.14. The van der Waals surface area contributed by atoms with Gasteiger partial charge in [-0.3, -0.25) is 9.59 Å². The number of amides is 2. The van der Waals surface area contributed by atoms with E-state index in [9.17, 15) is 19.5 Å². The molecule has 31 heavy (non-hydrogen) atoms. The van der Waals surface area contributed by atoms with E-state index in [4.69, 9.17) is 4.74 Å². The second-order valence-electron chi connectivity index (χ2n) is 7.44. The number of phenols is 1. The molecule has 0 spiro atoms. The Labute approximate surface area is 181 Å². The molecule has 0 aromatic heterocycles. The predicted octanol–water partition coefficient (Wildman–Crippen LogP) is 0.334. The van der Waals surface area contributed by atoms with E-state index in [-0.39, 0.29) is 24.5 Å². The fraction of sp³-hybridized carbons (Fsp3) is 0.348. The lowest BCUT2D eigenvalue weighted by molar-refractivity contribution is -0.138. The standard InChI is InChI=1S/C23H27N3O5/c27-15-18(12-17-6-8-19(28)9-7-17)25-22(29)20(13-16-4-2-1-3-5-16)26-23(30)21-14-24-10-11-31-21/h1-9,15,18,20-21,24,28H,10-14H2,(H,25,29)(H,26,30)/t18-,20-,21?/m0/s1. The summed E-state index contributed by atoms with van der Waals surface area (Å²) in [4.78, 5) is 37.2. The lowest BCUT2D eigenvalue weighted by Gasteiger charge is -2.26. The van der Waals surface area contributed by atoms with Gasteiger partial charge in [0.1, 0.15) is 24.2 Å². The number of benzene rings is 2. The van der Waals surface area contributed by atoms with Crippen molar-refractivity contribution in [1.29, 1.82) is 0 Å². The molecule has 0 bridgehead atoms. The predicted molar refractivity (Wildman–Crippen MR) is 114 cm³/mol. The Balaban J connectivity index is 1.68. The van der Waals surface area contributed by atoms with E-state index < -0.39 is 24.1 Å². The van der Waals surface area contributed by atoms with E-state index in [2.05, 4.69) is 16.0 Å². The Morgan fingerprint density at radius 3 is 2.42 bits per heavy atom. The Morgan fingerprint density at radius 1 is 1.06 bits per heavy atom. The first-order valence-corrected chi connectivity index (χ1v) is 10.3. The zero-order valence-electron chi connectivity index (χ0n) is 17.1. The number of hydrogen-bond donors (Lipinski definition) is 4.